The molecule has 0 aliphatic heterocycles. The third kappa shape index (κ3) is 2.35. The minimum Gasteiger partial charge on any atom is -0.319 e. The van der Waals surface area contributed by atoms with Crippen LogP contribution in [0.2, 0.25) is 10.0 Å². The zero-order valence-electron chi connectivity index (χ0n) is 11.4. The molecular weight excluding hydrogens is 289 g/mol. The van der Waals surface area contributed by atoms with Gasteiger partial charge in [-0.25, -0.2) is 0 Å². The molecule has 2 aromatic carbocycles. The van der Waals surface area contributed by atoms with Crippen LogP contribution in [0.4, 0.5) is 0 Å². The SMILES string of the molecule is CNC[C@]1(c2ccc(Cl)c(Cl)c2)CC1c1ccccc1. The molecule has 0 bridgehead atoms. The Morgan fingerprint density at radius 3 is 2.50 bits per heavy atom. The van der Waals surface area contributed by atoms with E-state index in [0.717, 1.165) is 13.0 Å². The van der Waals surface area contributed by atoms with Crippen LogP contribution in [0.3, 0.4) is 0 Å². The van der Waals surface area contributed by atoms with Gasteiger partial charge in [-0.3, -0.25) is 0 Å². The standard InChI is InChI=1S/C17H17Cl2N/c1-20-11-17(13-7-8-15(18)16(19)9-13)10-14(17)12-5-3-2-4-6-12/h2-9,14,20H,10-11H2,1H3/t14?,17-/m0/s1. The fourth-order valence-corrected chi connectivity index (χ4v) is 3.46. The lowest BCUT2D eigenvalue weighted by Gasteiger charge is -2.19. The maximum Gasteiger partial charge on any atom is 0.0595 e. The zero-order valence-corrected chi connectivity index (χ0v) is 12.9. The smallest absolute Gasteiger partial charge is 0.0595 e. The summed E-state index contributed by atoms with van der Waals surface area (Å²) in [6.07, 6.45) is 1.15. The summed E-state index contributed by atoms with van der Waals surface area (Å²) in [5.41, 5.74) is 2.81. The van der Waals surface area contributed by atoms with Gasteiger partial charge in [0.1, 0.15) is 0 Å². The highest BCUT2D eigenvalue weighted by Gasteiger charge is 2.55. The summed E-state index contributed by atoms with van der Waals surface area (Å²) < 4.78 is 0. The Kier molecular flexibility index (Phi) is 3.76. The first-order valence-corrected chi connectivity index (χ1v) is 7.58. The van der Waals surface area contributed by atoms with Gasteiger partial charge in [-0.2, -0.15) is 0 Å². The quantitative estimate of drug-likeness (QED) is 0.868. The van der Waals surface area contributed by atoms with Crippen LogP contribution >= 0.6 is 23.2 Å². The highest BCUT2D eigenvalue weighted by Crippen LogP contribution is 2.60. The van der Waals surface area contributed by atoms with E-state index >= 15 is 0 Å². The monoisotopic (exact) mass is 305 g/mol. The molecule has 1 aliphatic carbocycles. The van der Waals surface area contributed by atoms with Gasteiger partial charge in [0.25, 0.3) is 0 Å². The lowest BCUT2D eigenvalue weighted by atomic mass is 9.90. The largest absolute Gasteiger partial charge is 0.319 e. The van der Waals surface area contributed by atoms with Gasteiger partial charge in [-0.1, -0.05) is 59.6 Å². The Labute approximate surface area is 129 Å². The highest BCUT2D eigenvalue weighted by molar-refractivity contribution is 6.42. The Balaban J connectivity index is 1.96. The maximum atomic E-state index is 6.19. The molecule has 104 valence electrons. The number of rotatable bonds is 4. The molecule has 0 radical (unpaired) electrons. The predicted molar refractivity (Wildman–Crippen MR) is 85.9 cm³/mol. The lowest BCUT2D eigenvalue weighted by molar-refractivity contribution is 0.605. The van der Waals surface area contributed by atoms with Gasteiger partial charge in [-0.05, 0) is 42.6 Å². The molecule has 1 unspecified atom stereocenters. The minimum atomic E-state index is 0.143. The van der Waals surface area contributed by atoms with Crippen molar-refractivity contribution in [2.24, 2.45) is 0 Å². The van der Waals surface area contributed by atoms with E-state index in [4.69, 9.17) is 23.2 Å². The van der Waals surface area contributed by atoms with E-state index in [1.807, 2.05) is 19.2 Å². The van der Waals surface area contributed by atoms with Crippen molar-refractivity contribution in [1.29, 1.82) is 0 Å². The second kappa shape index (κ2) is 5.40. The van der Waals surface area contributed by atoms with Crippen molar-refractivity contribution in [3.05, 3.63) is 69.7 Å². The van der Waals surface area contributed by atoms with E-state index in [-0.39, 0.29) is 5.41 Å². The average molecular weight is 306 g/mol. The second-order valence-corrected chi connectivity index (χ2v) is 6.30. The zero-order chi connectivity index (χ0) is 14.2. The van der Waals surface area contributed by atoms with Crippen molar-refractivity contribution < 1.29 is 0 Å². The van der Waals surface area contributed by atoms with Crippen LogP contribution in [0, 0.1) is 0 Å². The van der Waals surface area contributed by atoms with Crippen LogP contribution in [0.1, 0.15) is 23.5 Å². The van der Waals surface area contributed by atoms with Crippen LogP contribution < -0.4 is 5.32 Å². The molecule has 3 rings (SSSR count). The number of nitrogens with one attached hydrogen (secondary N) is 1. The molecule has 1 fully saturated rings. The molecule has 0 saturated heterocycles. The number of hydrogen-bond donors (Lipinski definition) is 1. The Bertz CT molecular complexity index is 612. The first kappa shape index (κ1) is 13.9. The van der Waals surface area contributed by atoms with Gasteiger partial charge in [0.05, 0.1) is 10.0 Å². The van der Waals surface area contributed by atoms with Gasteiger partial charge < -0.3 is 5.32 Å². The fourth-order valence-electron chi connectivity index (χ4n) is 3.17. The Morgan fingerprint density at radius 1 is 1.10 bits per heavy atom. The maximum absolute atomic E-state index is 6.19. The first-order chi connectivity index (χ1) is 9.67. The van der Waals surface area contributed by atoms with E-state index in [0.29, 0.717) is 16.0 Å². The van der Waals surface area contributed by atoms with Gasteiger partial charge in [0, 0.05) is 12.0 Å². The van der Waals surface area contributed by atoms with E-state index in [2.05, 4.69) is 41.7 Å². The molecule has 2 aromatic rings. The van der Waals surface area contributed by atoms with Crippen LogP contribution in [0.5, 0.6) is 0 Å². The topological polar surface area (TPSA) is 12.0 Å². The van der Waals surface area contributed by atoms with Crippen LogP contribution in [0.15, 0.2) is 48.5 Å². The Morgan fingerprint density at radius 2 is 1.85 bits per heavy atom. The van der Waals surface area contributed by atoms with Crippen LogP contribution in [0.25, 0.3) is 0 Å². The normalized spacial score (nSPS) is 24.6. The molecule has 1 N–H and O–H groups in total. The molecule has 1 nitrogen and oxygen atoms in total. The molecule has 0 spiro atoms. The van der Waals surface area contributed by atoms with E-state index in [1.54, 1.807) is 0 Å². The van der Waals surface area contributed by atoms with E-state index in [9.17, 15) is 0 Å². The average Bonchev–Trinajstić information content (AvgIpc) is 3.19. The van der Waals surface area contributed by atoms with Crippen molar-refractivity contribution in [1.82, 2.24) is 5.32 Å². The molecule has 0 heterocycles. The molecular formula is C17H17Cl2N. The van der Waals surface area contributed by atoms with Gasteiger partial charge in [0.15, 0.2) is 0 Å². The summed E-state index contributed by atoms with van der Waals surface area (Å²) in [5.74, 6) is 0.549. The third-order valence-electron chi connectivity index (χ3n) is 4.26. The van der Waals surface area contributed by atoms with Gasteiger partial charge in [0.2, 0.25) is 0 Å². The van der Waals surface area contributed by atoms with E-state index < -0.39 is 0 Å². The van der Waals surface area contributed by atoms with Crippen LogP contribution in [-0.2, 0) is 5.41 Å². The summed E-state index contributed by atoms with van der Waals surface area (Å²) in [7, 11) is 2.00. The predicted octanol–water partition coefficient (Wildman–Crippen LogP) is 4.64. The molecule has 0 amide bonds. The van der Waals surface area contributed by atoms with Crippen molar-refractivity contribution in [3.63, 3.8) is 0 Å². The molecule has 2 atom stereocenters. The van der Waals surface area contributed by atoms with Gasteiger partial charge >= 0.3 is 0 Å². The number of benzene rings is 2. The molecule has 1 saturated carbocycles. The fraction of sp³-hybridized carbons (Fsp3) is 0.294. The Hall–Kier alpha value is -1.02. The van der Waals surface area contributed by atoms with Crippen molar-refractivity contribution in [3.8, 4) is 0 Å². The first-order valence-electron chi connectivity index (χ1n) is 6.82. The summed E-state index contributed by atoms with van der Waals surface area (Å²) in [6.45, 7) is 0.949. The number of likely N-dealkylation sites (N-methyl/N-ethyl adjacent to an activating group) is 1. The molecule has 0 aromatic heterocycles. The van der Waals surface area contributed by atoms with Crippen molar-refractivity contribution in [2.45, 2.75) is 17.8 Å². The number of halogens is 2. The third-order valence-corrected chi connectivity index (χ3v) is 5.00. The lowest BCUT2D eigenvalue weighted by Crippen LogP contribution is -2.25. The highest BCUT2D eigenvalue weighted by atomic mass is 35.5. The molecule has 20 heavy (non-hydrogen) atoms. The summed E-state index contributed by atoms with van der Waals surface area (Å²) >= 11 is 12.2. The van der Waals surface area contributed by atoms with Crippen molar-refractivity contribution >= 4 is 23.2 Å². The number of hydrogen-bond acceptors (Lipinski definition) is 1. The van der Waals surface area contributed by atoms with Gasteiger partial charge in [-0.15, -0.1) is 0 Å². The molecule has 3 heteroatoms. The summed E-state index contributed by atoms with van der Waals surface area (Å²) in [5, 5.41) is 4.58. The van der Waals surface area contributed by atoms with Crippen molar-refractivity contribution in [2.75, 3.05) is 13.6 Å². The summed E-state index contributed by atoms with van der Waals surface area (Å²) in [6, 6.07) is 16.7. The minimum absolute atomic E-state index is 0.143. The second-order valence-electron chi connectivity index (χ2n) is 5.48. The van der Waals surface area contributed by atoms with E-state index in [1.165, 1.54) is 11.1 Å². The van der Waals surface area contributed by atoms with Crippen LogP contribution in [-0.4, -0.2) is 13.6 Å². The summed E-state index contributed by atoms with van der Waals surface area (Å²) in [4.78, 5) is 0. The molecule has 1 aliphatic rings.